The van der Waals surface area contributed by atoms with Gasteiger partial charge in [-0.15, -0.1) is 0 Å². The summed E-state index contributed by atoms with van der Waals surface area (Å²) >= 11 is 0. The summed E-state index contributed by atoms with van der Waals surface area (Å²) in [4.78, 5) is 14.0. The van der Waals surface area contributed by atoms with E-state index in [4.69, 9.17) is 0 Å². The first-order chi connectivity index (χ1) is 17.7. The van der Waals surface area contributed by atoms with Crippen molar-refractivity contribution in [2.45, 2.75) is 56.4 Å². The summed E-state index contributed by atoms with van der Waals surface area (Å²) in [5.41, 5.74) is 1.80. The van der Waals surface area contributed by atoms with Crippen LogP contribution in [0.15, 0.2) is 53.4 Å². The molecule has 0 radical (unpaired) electrons. The van der Waals surface area contributed by atoms with E-state index in [9.17, 15) is 18.5 Å². The second kappa shape index (κ2) is 9.27. The molecule has 9 heteroatoms. The monoisotopic (exact) mass is 524 g/mol. The Balaban J connectivity index is 1.19. The highest BCUT2D eigenvalue weighted by Crippen LogP contribution is 2.61. The molecule has 1 unspecified atom stereocenters. The number of hydrogen-bond acceptors (Lipinski definition) is 6. The summed E-state index contributed by atoms with van der Waals surface area (Å²) in [5.74, 6) is 2.46. The van der Waals surface area contributed by atoms with Gasteiger partial charge in [-0.1, -0.05) is 18.2 Å². The number of rotatable bonds is 7. The van der Waals surface area contributed by atoms with E-state index in [0.717, 1.165) is 23.4 Å². The van der Waals surface area contributed by atoms with Gasteiger partial charge in [0.2, 0.25) is 10.0 Å². The van der Waals surface area contributed by atoms with Crippen LogP contribution < -0.4 is 10.2 Å². The van der Waals surface area contributed by atoms with Crippen LogP contribution in [0.5, 0.6) is 0 Å². The van der Waals surface area contributed by atoms with E-state index in [1.54, 1.807) is 42.5 Å². The molecule has 5 fully saturated rings. The van der Waals surface area contributed by atoms with Crippen LogP contribution in [0.1, 0.15) is 45.4 Å². The van der Waals surface area contributed by atoms with Gasteiger partial charge >= 0.3 is 0 Å². The molecule has 1 N–H and O–H groups in total. The van der Waals surface area contributed by atoms with Crippen molar-refractivity contribution in [1.82, 2.24) is 4.31 Å². The number of sulfonamides is 1. The second-order valence-electron chi connectivity index (χ2n) is 11.8. The lowest BCUT2D eigenvalue weighted by molar-refractivity contribution is -0.384. The van der Waals surface area contributed by atoms with Crippen molar-refractivity contribution in [1.29, 1.82) is 0 Å². The highest BCUT2D eigenvalue weighted by atomic mass is 32.2. The van der Waals surface area contributed by atoms with Crippen LogP contribution in [0.25, 0.3) is 0 Å². The third-order valence-electron chi connectivity index (χ3n) is 9.54. The summed E-state index contributed by atoms with van der Waals surface area (Å²) in [6, 6.07) is 14.0. The highest BCUT2D eigenvalue weighted by Gasteiger charge is 2.53. The Bertz CT molecular complexity index is 1240. The zero-order valence-electron chi connectivity index (χ0n) is 21.4. The molecule has 5 aliphatic rings. The van der Waals surface area contributed by atoms with E-state index in [0.29, 0.717) is 36.8 Å². The molecule has 1 aliphatic heterocycles. The number of anilines is 2. The van der Waals surface area contributed by atoms with Gasteiger partial charge in [0.05, 0.1) is 9.82 Å². The molecule has 4 saturated carbocycles. The van der Waals surface area contributed by atoms with Gasteiger partial charge < -0.3 is 10.2 Å². The zero-order chi connectivity index (χ0) is 25.8. The first kappa shape index (κ1) is 24.7. The fourth-order valence-corrected chi connectivity index (χ4v) is 9.46. The molecule has 2 aromatic carbocycles. The van der Waals surface area contributed by atoms with Gasteiger partial charge in [0.1, 0.15) is 5.69 Å². The average Bonchev–Trinajstić information content (AvgIpc) is 2.88. The van der Waals surface area contributed by atoms with Gasteiger partial charge in [0, 0.05) is 44.0 Å². The lowest BCUT2D eigenvalue weighted by Crippen LogP contribution is -2.53. The minimum atomic E-state index is -3.53. The third-order valence-corrected chi connectivity index (χ3v) is 11.5. The van der Waals surface area contributed by atoms with Crippen LogP contribution in [0.2, 0.25) is 0 Å². The van der Waals surface area contributed by atoms with Gasteiger partial charge in [0.15, 0.2) is 0 Å². The number of nitro benzene ring substituents is 1. The molecule has 0 amide bonds. The maximum absolute atomic E-state index is 13.0. The Hall–Kier alpha value is -2.65. The highest BCUT2D eigenvalue weighted by molar-refractivity contribution is 7.89. The van der Waals surface area contributed by atoms with Gasteiger partial charge in [-0.3, -0.25) is 10.1 Å². The van der Waals surface area contributed by atoms with Crippen LogP contribution in [-0.2, 0) is 10.0 Å². The van der Waals surface area contributed by atoms with E-state index in [-0.39, 0.29) is 22.1 Å². The van der Waals surface area contributed by atoms with Gasteiger partial charge in [-0.25, -0.2) is 8.42 Å². The third kappa shape index (κ3) is 4.50. The summed E-state index contributed by atoms with van der Waals surface area (Å²) in [5, 5.41) is 15.5. The minimum Gasteiger partial charge on any atom is -0.376 e. The van der Waals surface area contributed by atoms with Crippen LogP contribution >= 0.6 is 0 Å². The average molecular weight is 525 g/mol. The second-order valence-corrected chi connectivity index (χ2v) is 13.7. The topological polar surface area (TPSA) is 95.8 Å². The van der Waals surface area contributed by atoms with Crippen molar-refractivity contribution in [2.24, 2.45) is 23.2 Å². The molecule has 198 valence electrons. The Morgan fingerprint density at radius 3 is 2.11 bits per heavy atom. The van der Waals surface area contributed by atoms with Gasteiger partial charge in [-0.05, 0) is 92.9 Å². The van der Waals surface area contributed by atoms with Crippen molar-refractivity contribution in [2.75, 3.05) is 36.4 Å². The van der Waals surface area contributed by atoms with Crippen LogP contribution in [0, 0.1) is 33.3 Å². The number of hydrogen-bond donors (Lipinski definition) is 1. The molecule has 0 aromatic heterocycles. The predicted molar refractivity (Wildman–Crippen MR) is 144 cm³/mol. The van der Waals surface area contributed by atoms with Gasteiger partial charge in [-0.2, -0.15) is 4.31 Å². The number of nitro groups is 1. The molecule has 37 heavy (non-hydrogen) atoms. The van der Waals surface area contributed by atoms with E-state index >= 15 is 0 Å². The molecule has 1 saturated heterocycles. The Morgan fingerprint density at radius 2 is 1.54 bits per heavy atom. The maximum atomic E-state index is 13.0. The predicted octanol–water partition coefficient (Wildman–Crippen LogP) is 5.12. The smallest absolute Gasteiger partial charge is 0.292 e. The van der Waals surface area contributed by atoms with E-state index in [1.165, 1.54) is 42.8 Å². The molecule has 1 heterocycles. The van der Waals surface area contributed by atoms with Crippen LogP contribution in [0.4, 0.5) is 17.1 Å². The Kier molecular flexibility index (Phi) is 6.18. The van der Waals surface area contributed by atoms with E-state index in [1.807, 2.05) is 6.07 Å². The summed E-state index contributed by atoms with van der Waals surface area (Å²) < 4.78 is 27.5. The molecule has 7 rings (SSSR count). The van der Waals surface area contributed by atoms with Crippen LogP contribution in [-0.4, -0.2) is 49.9 Å². The first-order valence-corrected chi connectivity index (χ1v) is 15.0. The lowest BCUT2D eigenvalue weighted by atomic mass is 9.48. The Labute approximate surface area is 219 Å². The molecular weight excluding hydrogens is 488 g/mol. The molecule has 0 spiro atoms. The van der Waals surface area contributed by atoms with Crippen molar-refractivity contribution in [3.05, 3.63) is 58.6 Å². The molecule has 8 nitrogen and oxygen atoms in total. The van der Waals surface area contributed by atoms with Crippen molar-refractivity contribution >= 4 is 27.1 Å². The summed E-state index contributed by atoms with van der Waals surface area (Å²) in [7, 11) is -3.53. The van der Waals surface area contributed by atoms with Crippen molar-refractivity contribution < 1.29 is 13.3 Å². The SMILES string of the molecule is CC(Nc1cc(N2CCN(S(=O)(=O)c3ccccc3)CC2)ccc1[N+](=O)[O-])C12CC3CC(CC(C3)C1)C2. The molecule has 2 aromatic rings. The molecular formula is C28H36N4O4S. The van der Waals surface area contributed by atoms with E-state index in [2.05, 4.69) is 17.1 Å². The lowest BCUT2D eigenvalue weighted by Gasteiger charge is -2.59. The molecule has 4 aliphatic carbocycles. The summed E-state index contributed by atoms with van der Waals surface area (Å²) in [6.07, 6.45) is 7.81. The number of nitrogens with zero attached hydrogens (tertiary/aromatic N) is 3. The quantitative estimate of drug-likeness (QED) is 0.399. The normalized spacial score (nSPS) is 30.3. The summed E-state index contributed by atoms with van der Waals surface area (Å²) in [6.45, 7) is 4.04. The number of piperazine rings is 1. The van der Waals surface area contributed by atoms with Gasteiger partial charge in [0.25, 0.3) is 5.69 Å². The van der Waals surface area contributed by atoms with Crippen molar-refractivity contribution in [3.63, 3.8) is 0 Å². The van der Waals surface area contributed by atoms with Crippen molar-refractivity contribution in [3.8, 4) is 0 Å². The molecule has 1 atom stereocenters. The fourth-order valence-electron chi connectivity index (χ4n) is 8.02. The Morgan fingerprint density at radius 1 is 0.946 bits per heavy atom. The number of nitrogens with one attached hydrogen (secondary N) is 1. The fraction of sp³-hybridized carbons (Fsp3) is 0.571. The standard InChI is InChI=1S/C28H36N4O4S/c1-20(28-17-21-13-22(18-28)15-23(14-21)19-28)29-26-16-24(7-8-27(26)32(33)34)30-9-11-31(12-10-30)37(35,36)25-5-3-2-4-6-25/h2-8,16,20-23,29H,9-15,17-19H2,1H3. The zero-order valence-corrected chi connectivity index (χ0v) is 22.2. The maximum Gasteiger partial charge on any atom is 0.292 e. The largest absolute Gasteiger partial charge is 0.376 e. The van der Waals surface area contributed by atoms with E-state index < -0.39 is 10.0 Å². The number of benzene rings is 2. The molecule has 4 bridgehead atoms. The van der Waals surface area contributed by atoms with Crippen LogP contribution in [0.3, 0.4) is 0 Å². The minimum absolute atomic E-state index is 0.102. The first-order valence-electron chi connectivity index (χ1n) is 13.6.